The maximum Gasteiger partial charge on any atom is 0.228 e. The highest BCUT2D eigenvalue weighted by Crippen LogP contribution is 2.46. The third-order valence-electron chi connectivity index (χ3n) is 6.35. The first-order valence-electron chi connectivity index (χ1n) is 9.99. The number of nitrogens with zero attached hydrogens (tertiary/aromatic N) is 1. The zero-order valence-electron chi connectivity index (χ0n) is 15.4. The van der Waals surface area contributed by atoms with Crippen molar-refractivity contribution in [3.63, 3.8) is 0 Å². The SMILES string of the molecule is O=C1Cc2cc(CCCC(=O)N3C[C@@H]4CC[C@H]3c3ccccc34)ccc2N1. The molecule has 3 aliphatic heterocycles. The number of anilines is 1. The van der Waals surface area contributed by atoms with Crippen LogP contribution in [0.5, 0.6) is 0 Å². The van der Waals surface area contributed by atoms with Gasteiger partial charge >= 0.3 is 0 Å². The summed E-state index contributed by atoms with van der Waals surface area (Å²) in [6, 6.07) is 15.1. The predicted molar refractivity (Wildman–Crippen MR) is 105 cm³/mol. The van der Waals surface area contributed by atoms with Gasteiger partial charge in [-0.1, -0.05) is 36.4 Å². The molecule has 0 unspecified atom stereocenters. The van der Waals surface area contributed by atoms with Crippen LogP contribution in [0.1, 0.15) is 59.9 Å². The smallest absolute Gasteiger partial charge is 0.228 e. The summed E-state index contributed by atoms with van der Waals surface area (Å²) in [6.45, 7) is 0.882. The normalized spacial score (nSPS) is 22.4. The molecular weight excluding hydrogens is 336 g/mol. The first-order valence-corrected chi connectivity index (χ1v) is 9.99. The molecule has 0 radical (unpaired) electrons. The van der Waals surface area contributed by atoms with Crippen molar-refractivity contribution in [3.05, 3.63) is 64.7 Å². The van der Waals surface area contributed by atoms with Gasteiger partial charge in [0.15, 0.2) is 0 Å². The van der Waals surface area contributed by atoms with Gasteiger partial charge in [-0.25, -0.2) is 0 Å². The van der Waals surface area contributed by atoms with Crippen LogP contribution in [0, 0.1) is 0 Å². The fourth-order valence-electron chi connectivity index (χ4n) is 5.04. The first-order chi connectivity index (χ1) is 13.2. The molecule has 27 heavy (non-hydrogen) atoms. The van der Waals surface area contributed by atoms with Gasteiger partial charge in [-0.2, -0.15) is 0 Å². The molecule has 138 valence electrons. The third kappa shape index (κ3) is 2.93. The molecule has 2 atom stereocenters. The van der Waals surface area contributed by atoms with E-state index in [1.165, 1.54) is 23.1 Å². The lowest BCUT2D eigenvalue weighted by Crippen LogP contribution is -2.45. The fourth-order valence-corrected chi connectivity index (χ4v) is 5.04. The van der Waals surface area contributed by atoms with Crippen molar-refractivity contribution >= 4 is 17.5 Å². The van der Waals surface area contributed by atoms with Crippen molar-refractivity contribution in [3.8, 4) is 0 Å². The standard InChI is InChI=1S/C23H24N2O2/c26-22-13-17-12-15(8-10-20(17)24-22)4-3-7-23(27)25-14-16-9-11-21(25)19-6-2-1-5-18(16)19/h1-2,5-6,8,10,12,16,21H,3-4,7,9,11,13-14H2,(H,24,26)/t16-,21-/m0/s1. The number of fused-ring (bicyclic) bond motifs is 3. The minimum atomic E-state index is 0.0674. The van der Waals surface area contributed by atoms with Crippen molar-refractivity contribution in [1.82, 2.24) is 4.90 Å². The highest BCUT2D eigenvalue weighted by Gasteiger charge is 2.39. The molecule has 3 heterocycles. The summed E-state index contributed by atoms with van der Waals surface area (Å²) in [4.78, 5) is 26.5. The Balaban J connectivity index is 1.21. The molecule has 4 aliphatic rings. The van der Waals surface area contributed by atoms with Crippen LogP contribution in [-0.2, 0) is 22.4 Å². The van der Waals surface area contributed by atoms with E-state index >= 15 is 0 Å². The van der Waals surface area contributed by atoms with Crippen LogP contribution in [0.3, 0.4) is 0 Å². The van der Waals surface area contributed by atoms with Crippen LogP contribution < -0.4 is 5.32 Å². The Morgan fingerprint density at radius 1 is 1.11 bits per heavy atom. The molecule has 2 bridgehead atoms. The summed E-state index contributed by atoms with van der Waals surface area (Å²) in [5.41, 5.74) is 6.04. The van der Waals surface area contributed by atoms with E-state index in [1.807, 2.05) is 6.07 Å². The average Bonchev–Trinajstić information content (AvgIpc) is 3.08. The Hall–Kier alpha value is -2.62. The summed E-state index contributed by atoms with van der Waals surface area (Å²) in [6.07, 6.45) is 5.10. The zero-order chi connectivity index (χ0) is 18.4. The van der Waals surface area contributed by atoms with Crippen molar-refractivity contribution in [2.75, 3.05) is 11.9 Å². The maximum atomic E-state index is 12.9. The quantitative estimate of drug-likeness (QED) is 0.897. The van der Waals surface area contributed by atoms with E-state index in [0.717, 1.165) is 37.1 Å². The number of hydrogen-bond donors (Lipinski definition) is 1. The predicted octanol–water partition coefficient (Wildman–Crippen LogP) is 3.96. The van der Waals surface area contributed by atoms with Crippen molar-refractivity contribution in [1.29, 1.82) is 0 Å². The molecule has 0 aromatic heterocycles. The van der Waals surface area contributed by atoms with Crippen molar-refractivity contribution < 1.29 is 9.59 Å². The average molecular weight is 360 g/mol. The molecule has 1 aliphatic carbocycles. The molecule has 4 nitrogen and oxygen atoms in total. The highest BCUT2D eigenvalue weighted by atomic mass is 16.2. The molecule has 2 aromatic rings. The summed E-state index contributed by atoms with van der Waals surface area (Å²) in [5, 5.41) is 2.87. The van der Waals surface area contributed by atoms with E-state index in [4.69, 9.17) is 0 Å². The minimum Gasteiger partial charge on any atom is -0.335 e. The van der Waals surface area contributed by atoms with Gasteiger partial charge in [0.05, 0.1) is 12.5 Å². The van der Waals surface area contributed by atoms with Crippen LogP contribution in [0.4, 0.5) is 5.69 Å². The lowest BCUT2D eigenvalue weighted by atomic mass is 9.75. The number of amides is 2. The molecule has 1 N–H and O–H groups in total. The third-order valence-corrected chi connectivity index (χ3v) is 6.35. The topological polar surface area (TPSA) is 49.4 Å². The van der Waals surface area contributed by atoms with Gasteiger partial charge in [-0.3, -0.25) is 9.59 Å². The van der Waals surface area contributed by atoms with Gasteiger partial charge in [0.2, 0.25) is 11.8 Å². The van der Waals surface area contributed by atoms with Gasteiger partial charge in [-0.05, 0) is 54.0 Å². The van der Waals surface area contributed by atoms with Gasteiger partial charge in [-0.15, -0.1) is 0 Å². The fraction of sp³-hybridized carbons (Fsp3) is 0.391. The van der Waals surface area contributed by atoms with E-state index in [-0.39, 0.29) is 17.9 Å². The van der Waals surface area contributed by atoms with Crippen molar-refractivity contribution in [2.45, 2.75) is 50.5 Å². The Kier molecular flexibility index (Phi) is 4.00. The van der Waals surface area contributed by atoms with Crippen LogP contribution >= 0.6 is 0 Å². The molecule has 1 fully saturated rings. The van der Waals surface area contributed by atoms with Crippen molar-refractivity contribution in [2.24, 2.45) is 0 Å². The Labute approximate surface area is 159 Å². The molecule has 2 aromatic carbocycles. The zero-order valence-corrected chi connectivity index (χ0v) is 15.4. The van der Waals surface area contributed by atoms with E-state index in [9.17, 15) is 9.59 Å². The van der Waals surface area contributed by atoms with E-state index in [2.05, 4.69) is 46.6 Å². The van der Waals surface area contributed by atoms with Gasteiger partial charge in [0.25, 0.3) is 0 Å². The molecule has 2 amide bonds. The number of aryl methyl sites for hydroxylation is 1. The first kappa shape index (κ1) is 16.5. The number of rotatable bonds is 4. The monoisotopic (exact) mass is 360 g/mol. The number of carbonyl (C=O) groups is 2. The van der Waals surface area contributed by atoms with Gasteiger partial charge in [0, 0.05) is 24.6 Å². The van der Waals surface area contributed by atoms with E-state index in [0.29, 0.717) is 18.8 Å². The van der Waals surface area contributed by atoms with Crippen LogP contribution in [-0.4, -0.2) is 23.3 Å². The number of piperidine rings is 1. The van der Waals surface area contributed by atoms with E-state index in [1.54, 1.807) is 0 Å². The Bertz CT molecular complexity index is 920. The van der Waals surface area contributed by atoms with Gasteiger partial charge < -0.3 is 10.2 Å². The van der Waals surface area contributed by atoms with Crippen LogP contribution in [0.2, 0.25) is 0 Å². The lowest BCUT2D eigenvalue weighted by Gasteiger charge is -2.46. The van der Waals surface area contributed by atoms with Crippen LogP contribution in [0.25, 0.3) is 0 Å². The molecule has 0 saturated carbocycles. The minimum absolute atomic E-state index is 0.0674. The second-order valence-corrected chi connectivity index (χ2v) is 8.04. The van der Waals surface area contributed by atoms with E-state index < -0.39 is 0 Å². The second-order valence-electron chi connectivity index (χ2n) is 8.04. The second kappa shape index (κ2) is 6.52. The largest absolute Gasteiger partial charge is 0.335 e. The Morgan fingerprint density at radius 2 is 1.96 bits per heavy atom. The Morgan fingerprint density at radius 3 is 2.85 bits per heavy atom. The highest BCUT2D eigenvalue weighted by molar-refractivity contribution is 5.99. The molecule has 0 spiro atoms. The number of carbonyl (C=O) groups excluding carboxylic acids is 2. The molecule has 1 saturated heterocycles. The number of hydrogen-bond acceptors (Lipinski definition) is 2. The lowest BCUT2D eigenvalue weighted by molar-refractivity contribution is -0.136. The van der Waals surface area contributed by atoms with Crippen LogP contribution in [0.15, 0.2) is 42.5 Å². The number of benzene rings is 2. The summed E-state index contributed by atoms with van der Waals surface area (Å²) in [7, 11) is 0. The van der Waals surface area contributed by atoms with Gasteiger partial charge in [0.1, 0.15) is 0 Å². The summed E-state index contributed by atoms with van der Waals surface area (Å²) < 4.78 is 0. The molecular formula is C23H24N2O2. The summed E-state index contributed by atoms with van der Waals surface area (Å²) in [5.74, 6) is 0.867. The maximum absolute atomic E-state index is 12.9. The molecule has 4 heteroatoms. The molecule has 6 rings (SSSR count). The summed E-state index contributed by atoms with van der Waals surface area (Å²) >= 11 is 0. The number of nitrogens with one attached hydrogen (secondary N) is 1.